The first-order chi connectivity index (χ1) is 16.0. The lowest BCUT2D eigenvalue weighted by Crippen LogP contribution is -2.58. The second-order valence-corrected chi connectivity index (χ2v) is 10.2. The lowest BCUT2D eigenvalue weighted by Gasteiger charge is -2.45. The summed E-state index contributed by atoms with van der Waals surface area (Å²) in [6, 6.07) is 12.5. The Labute approximate surface area is 200 Å². The van der Waals surface area contributed by atoms with Gasteiger partial charge < -0.3 is 19.9 Å². The zero-order valence-corrected chi connectivity index (χ0v) is 20.7. The Balaban J connectivity index is 1.87. The van der Waals surface area contributed by atoms with E-state index in [1.807, 2.05) is 18.2 Å². The zero-order valence-electron chi connectivity index (χ0n) is 20.7. The van der Waals surface area contributed by atoms with Crippen molar-refractivity contribution in [3.05, 3.63) is 58.4 Å². The summed E-state index contributed by atoms with van der Waals surface area (Å²) in [5, 5.41) is 16.2. The van der Waals surface area contributed by atoms with Crippen molar-refractivity contribution in [1.29, 1.82) is 0 Å². The highest BCUT2D eigenvalue weighted by molar-refractivity contribution is 6.01. The Morgan fingerprint density at radius 3 is 2.24 bits per heavy atom. The van der Waals surface area contributed by atoms with Crippen molar-refractivity contribution in [1.82, 2.24) is 9.88 Å². The number of hydrogen-bond donors (Lipinski definition) is 2. The van der Waals surface area contributed by atoms with Crippen molar-refractivity contribution < 1.29 is 14.6 Å². The number of fused-ring (bicyclic) bond motifs is 1. The molecular formula is C27H33N3O4. The van der Waals surface area contributed by atoms with Gasteiger partial charge in [-0.15, -0.1) is 0 Å². The van der Waals surface area contributed by atoms with E-state index >= 15 is 0 Å². The number of ether oxygens (including phenoxy) is 2. The van der Waals surface area contributed by atoms with Crippen LogP contribution in [-0.4, -0.2) is 47.2 Å². The third-order valence-electron chi connectivity index (χ3n) is 6.31. The fraction of sp³-hybridized carbons (Fsp3) is 0.407. The minimum absolute atomic E-state index is 0.0493. The summed E-state index contributed by atoms with van der Waals surface area (Å²) in [4.78, 5) is 18.3. The second-order valence-electron chi connectivity index (χ2n) is 10.2. The summed E-state index contributed by atoms with van der Waals surface area (Å²) >= 11 is 0. The average Bonchev–Trinajstić information content (AvgIpc) is 2.77. The van der Waals surface area contributed by atoms with Crippen molar-refractivity contribution in [3.8, 4) is 23.1 Å². The minimum atomic E-state index is -0.318. The molecule has 0 atom stereocenters. The molecule has 0 unspecified atom stereocenters. The first-order valence-corrected chi connectivity index (χ1v) is 11.5. The fourth-order valence-corrected chi connectivity index (χ4v) is 5.25. The fourth-order valence-electron chi connectivity index (χ4n) is 5.25. The average molecular weight is 464 g/mol. The third-order valence-corrected chi connectivity index (χ3v) is 6.31. The Morgan fingerprint density at radius 1 is 1.00 bits per heavy atom. The van der Waals surface area contributed by atoms with Crippen LogP contribution < -0.4 is 20.3 Å². The van der Waals surface area contributed by atoms with Gasteiger partial charge in [0.2, 0.25) is 5.88 Å². The lowest BCUT2D eigenvalue weighted by atomic mass is 9.80. The van der Waals surface area contributed by atoms with Crippen molar-refractivity contribution in [3.63, 3.8) is 0 Å². The Hall–Kier alpha value is -3.32. The van der Waals surface area contributed by atoms with Crippen LogP contribution in [0.2, 0.25) is 0 Å². The predicted octanol–water partition coefficient (Wildman–Crippen LogP) is 4.44. The first kappa shape index (κ1) is 23.8. The van der Waals surface area contributed by atoms with Gasteiger partial charge in [-0.2, -0.15) is 0 Å². The van der Waals surface area contributed by atoms with E-state index < -0.39 is 0 Å². The molecule has 3 aromatic rings. The van der Waals surface area contributed by atoms with Gasteiger partial charge in [0.15, 0.2) is 11.5 Å². The number of aromatic nitrogens is 1. The van der Waals surface area contributed by atoms with E-state index in [1.165, 1.54) is 11.7 Å². The smallest absolute Gasteiger partial charge is 0.265 e. The second kappa shape index (κ2) is 8.80. The highest BCUT2D eigenvalue weighted by Crippen LogP contribution is 2.33. The number of aliphatic imine (C=N–C) groups is 1. The quantitative estimate of drug-likeness (QED) is 0.547. The molecule has 2 N–H and O–H groups in total. The molecule has 7 heteroatoms. The largest absolute Gasteiger partial charge is 0.494 e. The maximum atomic E-state index is 13.4. The Kier molecular flexibility index (Phi) is 6.16. The van der Waals surface area contributed by atoms with Crippen LogP contribution in [0.1, 0.15) is 46.1 Å². The molecule has 7 nitrogen and oxygen atoms in total. The van der Waals surface area contributed by atoms with E-state index in [-0.39, 0.29) is 28.6 Å². The maximum Gasteiger partial charge on any atom is 0.265 e. The van der Waals surface area contributed by atoms with E-state index in [0.717, 1.165) is 12.8 Å². The van der Waals surface area contributed by atoms with Crippen LogP contribution in [0, 0.1) is 0 Å². The lowest BCUT2D eigenvalue weighted by molar-refractivity contribution is 0.164. The van der Waals surface area contributed by atoms with E-state index in [0.29, 0.717) is 33.5 Å². The molecule has 180 valence electrons. The summed E-state index contributed by atoms with van der Waals surface area (Å²) < 4.78 is 12.0. The van der Waals surface area contributed by atoms with Gasteiger partial charge in [0.05, 0.1) is 31.5 Å². The molecule has 0 spiro atoms. The Morgan fingerprint density at radius 2 is 1.62 bits per heavy atom. The number of rotatable bonds is 5. The summed E-state index contributed by atoms with van der Waals surface area (Å²) in [6.45, 7) is 8.72. The highest BCUT2D eigenvalue weighted by Gasteiger charge is 2.37. The number of methoxy groups -OCH3 is 2. The van der Waals surface area contributed by atoms with Gasteiger partial charge in [0.25, 0.3) is 5.56 Å². The molecule has 0 bridgehead atoms. The number of nitrogens with zero attached hydrogens (tertiary/aromatic N) is 2. The van der Waals surface area contributed by atoms with Crippen LogP contribution in [-0.2, 0) is 0 Å². The van der Waals surface area contributed by atoms with Gasteiger partial charge in [0, 0.05) is 34.1 Å². The molecule has 1 fully saturated rings. The van der Waals surface area contributed by atoms with Gasteiger partial charge in [-0.25, -0.2) is 4.57 Å². The molecule has 0 radical (unpaired) electrons. The van der Waals surface area contributed by atoms with Crippen LogP contribution in [0.5, 0.6) is 17.4 Å². The SMILES string of the molecule is COc1ccc(-n2c(O)c(C=NC3CC(C)(C)NC(C)(C)C3)c3ccccc3c2=O)cc1OC. The number of piperidine rings is 1. The van der Waals surface area contributed by atoms with Crippen molar-refractivity contribution in [2.24, 2.45) is 4.99 Å². The molecule has 1 aliphatic heterocycles. The molecule has 34 heavy (non-hydrogen) atoms. The summed E-state index contributed by atoms with van der Waals surface area (Å²) in [6.07, 6.45) is 3.47. The number of benzene rings is 2. The number of aromatic hydroxyl groups is 1. The molecule has 4 rings (SSSR count). The van der Waals surface area contributed by atoms with Crippen LogP contribution in [0.3, 0.4) is 0 Å². The van der Waals surface area contributed by atoms with Crippen LogP contribution >= 0.6 is 0 Å². The molecule has 0 aliphatic carbocycles. The van der Waals surface area contributed by atoms with Gasteiger partial charge in [-0.3, -0.25) is 9.79 Å². The molecule has 0 amide bonds. The molecule has 1 aliphatic rings. The molecule has 0 saturated carbocycles. The van der Waals surface area contributed by atoms with E-state index in [4.69, 9.17) is 14.5 Å². The van der Waals surface area contributed by atoms with Gasteiger partial charge in [-0.05, 0) is 58.7 Å². The van der Waals surface area contributed by atoms with E-state index in [9.17, 15) is 9.90 Å². The monoisotopic (exact) mass is 463 g/mol. The molecule has 1 saturated heterocycles. The molecular weight excluding hydrogens is 430 g/mol. The first-order valence-electron chi connectivity index (χ1n) is 11.5. The van der Waals surface area contributed by atoms with E-state index in [2.05, 4.69) is 33.0 Å². The highest BCUT2D eigenvalue weighted by atomic mass is 16.5. The van der Waals surface area contributed by atoms with E-state index in [1.54, 1.807) is 37.6 Å². The van der Waals surface area contributed by atoms with Gasteiger partial charge in [0.1, 0.15) is 0 Å². The minimum Gasteiger partial charge on any atom is -0.494 e. The Bertz CT molecular complexity index is 1290. The van der Waals surface area contributed by atoms with Crippen LogP contribution in [0.15, 0.2) is 52.3 Å². The summed E-state index contributed by atoms with van der Waals surface area (Å²) in [7, 11) is 3.08. The van der Waals surface area contributed by atoms with Gasteiger partial charge in [-0.1, -0.05) is 18.2 Å². The number of nitrogens with one attached hydrogen (secondary N) is 1. The van der Waals surface area contributed by atoms with Crippen molar-refractivity contribution >= 4 is 17.0 Å². The predicted molar refractivity (Wildman–Crippen MR) is 136 cm³/mol. The topological polar surface area (TPSA) is 85.1 Å². The maximum absolute atomic E-state index is 13.4. The van der Waals surface area contributed by atoms with Crippen LogP contribution in [0.4, 0.5) is 0 Å². The normalized spacial score (nSPS) is 17.8. The standard InChI is InChI=1S/C27H33N3O4/c1-26(2)14-17(15-27(3,4)29-26)28-16-21-19-9-7-8-10-20(19)24(31)30(25(21)32)18-11-12-22(33-5)23(13-18)34-6/h7-13,16-17,29,32H,14-15H2,1-6H3. The summed E-state index contributed by atoms with van der Waals surface area (Å²) in [5.74, 6) is 0.846. The van der Waals surface area contributed by atoms with Crippen LogP contribution in [0.25, 0.3) is 16.5 Å². The summed E-state index contributed by atoms with van der Waals surface area (Å²) in [5.41, 5.74) is 0.573. The van der Waals surface area contributed by atoms with Crippen molar-refractivity contribution in [2.45, 2.75) is 57.7 Å². The molecule has 1 aromatic heterocycles. The number of pyridine rings is 1. The third kappa shape index (κ3) is 4.53. The van der Waals surface area contributed by atoms with Crippen molar-refractivity contribution in [2.75, 3.05) is 14.2 Å². The molecule has 2 aromatic carbocycles. The molecule has 2 heterocycles. The zero-order chi connectivity index (χ0) is 24.7. The number of hydrogen-bond acceptors (Lipinski definition) is 6. The van der Waals surface area contributed by atoms with Gasteiger partial charge >= 0.3 is 0 Å².